The van der Waals surface area contributed by atoms with Crippen LogP contribution in [-0.2, 0) is 4.79 Å². The van der Waals surface area contributed by atoms with Crippen LogP contribution in [0.25, 0.3) is 0 Å². The molecule has 1 rings (SSSR count). The zero-order chi connectivity index (χ0) is 14.3. The van der Waals surface area contributed by atoms with E-state index in [4.69, 9.17) is 10.5 Å². The zero-order valence-corrected chi connectivity index (χ0v) is 11.5. The summed E-state index contributed by atoms with van der Waals surface area (Å²) in [5, 5.41) is 12.0. The number of nitrogen functional groups attached to an aromatic ring is 1. The maximum atomic E-state index is 11.7. The molecule has 106 valence electrons. The van der Waals surface area contributed by atoms with Gasteiger partial charge in [0.05, 0.1) is 25.2 Å². The van der Waals surface area contributed by atoms with Gasteiger partial charge in [0.15, 0.2) is 0 Å². The summed E-state index contributed by atoms with van der Waals surface area (Å²) in [5.41, 5.74) is 5.68. The molecule has 0 aliphatic heterocycles. The number of ether oxygens (including phenoxy) is 1. The summed E-state index contributed by atoms with van der Waals surface area (Å²) in [6.45, 7) is 3.95. The Balaban J connectivity index is 2.33. The van der Waals surface area contributed by atoms with E-state index in [1.54, 1.807) is 24.3 Å². The number of rotatable bonds is 7. The van der Waals surface area contributed by atoms with E-state index in [0.717, 1.165) is 0 Å². The molecule has 5 nitrogen and oxygen atoms in total. The van der Waals surface area contributed by atoms with Gasteiger partial charge in [-0.2, -0.15) is 0 Å². The lowest BCUT2D eigenvalue weighted by molar-refractivity contribution is -0.123. The molecule has 19 heavy (non-hydrogen) atoms. The number of aliphatic hydroxyl groups is 1. The molecule has 0 radical (unpaired) electrons. The molecule has 0 heterocycles. The van der Waals surface area contributed by atoms with Crippen molar-refractivity contribution in [1.29, 1.82) is 0 Å². The van der Waals surface area contributed by atoms with Gasteiger partial charge in [-0.3, -0.25) is 4.79 Å². The van der Waals surface area contributed by atoms with Crippen LogP contribution in [0.15, 0.2) is 24.3 Å². The van der Waals surface area contributed by atoms with E-state index in [2.05, 4.69) is 5.32 Å². The first kappa shape index (κ1) is 15.3. The van der Waals surface area contributed by atoms with E-state index in [0.29, 0.717) is 24.5 Å². The van der Waals surface area contributed by atoms with E-state index >= 15 is 0 Å². The van der Waals surface area contributed by atoms with Crippen molar-refractivity contribution in [2.45, 2.75) is 32.2 Å². The lowest BCUT2D eigenvalue weighted by Gasteiger charge is -2.27. The molecule has 0 aliphatic rings. The monoisotopic (exact) mass is 266 g/mol. The second-order valence-corrected chi connectivity index (χ2v) is 4.79. The molecule has 0 saturated heterocycles. The number of anilines is 1. The summed E-state index contributed by atoms with van der Waals surface area (Å²) in [4.78, 5) is 11.7. The summed E-state index contributed by atoms with van der Waals surface area (Å²) < 4.78 is 5.43. The van der Waals surface area contributed by atoms with Gasteiger partial charge in [-0.05, 0) is 37.6 Å². The van der Waals surface area contributed by atoms with E-state index in [1.165, 1.54) is 0 Å². The number of nitrogens with one attached hydrogen (secondary N) is 1. The van der Waals surface area contributed by atoms with Crippen molar-refractivity contribution in [3.63, 3.8) is 0 Å². The molecule has 0 fully saturated rings. The molecule has 0 aliphatic carbocycles. The third-order valence-electron chi connectivity index (χ3n) is 3.05. The Labute approximate surface area is 113 Å². The first-order chi connectivity index (χ1) is 8.99. The minimum atomic E-state index is -0.557. The maximum Gasteiger partial charge on any atom is 0.223 e. The standard InChI is InChI=1S/C14H22N2O3/c1-3-14(2,10-17)16-13(18)8-9-19-12-6-4-11(15)5-7-12/h4-7,17H,3,8-10,15H2,1-2H3,(H,16,18). The van der Waals surface area contributed by atoms with Gasteiger partial charge < -0.3 is 20.9 Å². The highest BCUT2D eigenvalue weighted by atomic mass is 16.5. The molecule has 1 aromatic rings. The molecule has 0 spiro atoms. The van der Waals surface area contributed by atoms with Crippen LogP contribution in [-0.4, -0.2) is 29.8 Å². The highest BCUT2D eigenvalue weighted by molar-refractivity contribution is 5.76. The molecule has 0 bridgehead atoms. The lowest BCUT2D eigenvalue weighted by atomic mass is 10.0. The summed E-state index contributed by atoms with van der Waals surface area (Å²) in [7, 11) is 0. The number of benzene rings is 1. The Morgan fingerprint density at radius 3 is 2.58 bits per heavy atom. The van der Waals surface area contributed by atoms with Crippen molar-refractivity contribution in [1.82, 2.24) is 5.32 Å². The minimum absolute atomic E-state index is 0.0753. The topological polar surface area (TPSA) is 84.6 Å². The van der Waals surface area contributed by atoms with Crippen LogP contribution < -0.4 is 15.8 Å². The van der Waals surface area contributed by atoms with Crippen molar-refractivity contribution in [3.8, 4) is 5.75 Å². The van der Waals surface area contributed by atoms with Gasteiger partial charge in [-0.1, -0.05) is 6.92 Å². The molecule has 0 saturated carbocycles. The molecule has 1 atom stereocenters. The summed E-state index contributed by atoms with van der Waals surface area (Å²) in [5.74, 6) is 0.552. The van der Waals surface area contributed by atoms with E-state index in [1.807, 2.05) is 13.8 Å². The Morgan fingerprint density at radius 1 is 1.42 bits per heavy atom. The number of nitrogens with two attached hydrogens (primary N) is 1. The number of carbonyl (C=O) groups is 1. The predicted molar refractivity (Wildman–Crippen MR) is 74.9 cm³/mol. The highest BCUT2D eigenvalue weighted by Gasteiger charge is 2.22. The molecule has 5 heteroatoms. The van der Waals surface area contributed by atoms with E-state index in [9.17, 15) is 9.90 Å². The van der Waals surface area contributed by atoms with Gasteiger partial charge in [0, 0.05) is 5.69 Å². The molecule has 1 aromatic carbocycles. The van der Waals surface area contributed by atoms with Crippen molar-refractivity contribution in [2.24, 2.45) is 0 Å². The number of hydrogen-bond acceptors (Lipinski definition) is 4. The van der Waals surface area contributed by atoms with Crippen LogP contribution >= 0.6 is 0 Å². The van der Waals surface area contributed by atoms with E-state index < -0.39 is 5.54 Å². The van der Waals surface area contributed by atoms with Gasteiger partial charge in [0.2, 0.25) is 5.91 Å². The van der Waals surface area contributed by atoms with Gasteiger partial charge in [0.25, 0.3) is 0 Å². The van der Waals surface area contributed by atoms with Crippen molar-refractivity contribution in [2.75, 3.05) is 18.9 Å². The molecule has 1 unspecified atom stereocenters. The van der Waals surface area contributed by atoms with Crippen LogP contribution in [0.4, 0.5) is 5.69 Å². The maximum absolute atomic E-state index is 11.7. The third-order valence-corrected chi connectivity index (χ3v) is 3.05. The number of amides is 1. The molecular formula is C14H22N2O3. The van der Waals surface area contributed by atoms with Crippen molar-refractivity contribution in [3.05, 3.63) is 24.3 Å². The summed E-state index contributed by atoms with van der Waals surface area (Å²) >= 11 is 0. The third kappa shape index (κ3) is 5.18. The quantitative estimate of drug-likeness (QED) is 0.650. The van der Waals surface area contributed by atoms with Gasteiger partial charge >= 0.3 is 0 Å². The molecular weight excluding hydrogens is 244 g/mol. The second-order valence-electron chi connectivity index (χ2n) is 4.79. The molecule has 0 aromatic heterocycles. The SMILES string of the molecule is CCC(C)(CO)NC(=O)CCOc1ccc(N)cc1. The number of hydrogen-bond donors (Lipinski definition) is 3. The fraction of sp³-hybridized carbons (Fsp3) is 0.500. The summed E-state index contributed by atoms with van der Waals surface area (Å²) in [6, 6.07) is 7.01. The first-order valence-electron chi connectivity index (χ1n) is 6.39. The zero-order valence-electron chi connectivity index (χ0n) is 11.5. The average Bonchev–Trinajstić information content (AvgIpc) is 2.41. The lowest BCUT2D eigenvalue weighted by Crippen LogP contribution is -2.48. The Bertz CT molecular complexity index is 400. The normalized spacial score (nSPS) is 13.6. The van der Waals surface area contributed by atoms with Gasteiger partial charge in [-0.15, -0.1) is 0 Å². The van der Waals surface area contributed by atoms with Gasteiger partial charge in [-0.25, -0.2) is 0 Å². The Hall–Kier alpha value is -1.75. The van der Waals surface area contributed by atoms with Crippen molar-refractivity contribution < 1.29 is 14.6 Å². The predicted octanol–water partition coefficient (Wildman–Crippen LogP) is 1.31. The van der Waals surface area contributed by atoms with Crippen LogP contribution in [0.2, 0.25) is 0 Å². The first-order valence-corrected chi connectivity index (χ1v) is 6.39. The fourth-order valence-electron chi connectivity index (χ4n) is 1.46. The average molecular weight is 266 g/mol. The largest absolute Gasteiger partial charge is 0.493 e. The van der Waals surface area contributed by atoms with Crippen LogP contribution in [0.1, 0.15) is 26.7 Å². The number of carbonyl (C=O) groups excluding carboxylic acids is 1. The van der Waals surface area contributed by atoms with Crippen LogP contribution in [0.5, 0.6) is 5.75 Å². The molecule has 4 N–H and O–H groups in total. The second kappa shape index (κ2) is 6.99. The van der Waals surface area contributed by atoms with Crippen LogP contribution in [0, 0.1) is 0 Å². The van der Waals surface area contributed by atoms with Gasteiger partial charge in [0.1, 0.15) is 5.75 Å². The fourth-order valence-corrected chi connectivity index (χ4v) is 1.46. The minimum Gasteiger partial charge on any atom is -0.493 e. The van der Waals surface area contributed by atoms with Crippen LogP contribution in [0.3, 0.4) is 0 Å². The number of aliphatic hydroxyl groups excluding tert-OH is 1. The van der Waals surface area contributed by atoms with E-state index in [-0.39, 0.29) is 18.9 Å². The Kier molecular flexibility index (Phi) is 5.63. The Morgan fingerprint density at radius 2 is 2.05 bits per heavy atom. The van der Waals surface area contributed by atoms with Crippen molar-refractivity contribution >= 4 is 11.6 Å². The summed E-state index contributed by atoms with van der Waals surface area (Å²) in [6.07, 6.45) is 0.925. The highest BCUT2D eigenvalue weighted by Crippen LogP contribution is 2.13. The molecule has 1 amide bonds. The smallest absolute Gasteiger partial charge is 0.223 e.